The smallest absolute Gasteiger partial charge is 0.224 e. The molecule has 2 fully saturated rings. The summed E-state index contributed by atoms with van der Waals surface area (Å²) in [7, 11) is -3.58. The molecular formula is C25H31Cl2N3O4S. The minimum atomic E-state index is -3.58. The molecule has 1 amide bonds. The minimum Gasteiger partial charge on any atom is -0.379 e. The Morgan fingerprint density at radius 3 is 2.37 bits per heavy atom. The van der Waals surface area contributed by atoms with Gasteiger partial charge in [0.05, 0.1) is 34.9 Å². The molecule has 2 heterocycles. The summed E-state index contributed by atoms with van der Waals surface area (Å²) in [6.07, 6.45) is 1.32. The van der Waals surface area contributed by atoms with E-state index in [9.17, 15) is 13.2 Å². The van der Waals surface area contributed by atoms with Gasteiger partial charge in [-0.15, -0.1) is 0 Å². The predicted molar refractivity (Wildman–Crippen MR) is 138 cm³/mol. The first-order valence-corrected chi connectivity index (χ1v) is 14.2. The summed E-state index contributed by atoms with van der Waals surface area (Å²) < 4.78 is 32.8. The molecule has 0 radical (unpaired) electrons. The number of morpholine rings is 1. The Morgan fingerprint density at radius 2 is 1.66 bits per heavy atom. The van der Waals surface area contributed by atoms with Crippen LogP contribution in [0.25, 0.3) is 0 Å². The fourth-order valence-electron chi connectivity index (χ4n) is 4.45. The first-order chi connectivity index (χ1) is 16.8. The van der Waals surface area contributed by atoms with Crippen LogP contribution >= 0.6 is 23.2 Å². The fraction of sp³-hybridized carbons (Fsp3) is 0.480. The van der Waals surface area contributed by atoms with E-state index in [1.165, 1.54) is 9.87 Å². The van der Waals surface area contributed by atoms with E-state index >= 15 is 0 Å². The van der Waals surface area contributed by atoms with Crippen LogP contribution in [0, 0.1) is 5.92 Å². The molecule has 2 aromatic rings. The monoisotopic (exact) mass is 539 g/mol. The van der Waals surface area contributed by atoms with Crippen molar-refractivity contribution >= 4 is 39.1 Å². The van der Waals surface area contributed by atoms with Gasteiger partial charge in [0.2, 0.25) is 15.9 Å². The minimum absolute atomic E-state index is 0.114. The van der Waals surface area contributed by atoms with Crippen LogP contribution in [0.5, 0.6) is 0 Å². The number of ether oxygens (including phenoxy) is 1. The second-order valence-corrected chi connectivity index (χ2v) is 11.9. The molecule has 2 aliphatic rings. The molecule has 10 heteroatoms. The van der Waals surface area contributed by atoms with Gasteiger partial charge >= 0.3 is 0 Å². The Hall–Kier alpha value is -1.68. The highest BCUT2D eigenvalue weighted by Gasteiger charge is 2.32. The molecule has 2 aliphatic heterocycles. The molecule has 190 valence electrons. The lowest BCUT2D eigenvalue weighted by Crippen LogP contribution is -2.45. The van der Waals surface area contributed by atoms with Crippen molar-refractivity contribution in [3.05, 3.63) is 69.2 Å². The lowest BCUT2D eigenvalue weighted by atomic mass is 9.98. The van der Waals surface area contributed by atoms with Crippen molar-refractivity contribution in [2.24, 2.45) is 5.92 Å². The van der Waals surface area contributed by atoms with Gasteiger partial charge < -0.3 is 10.1 Å². The van der Waals surface area contributed by atoms with Gasteiger partial charge in [0, 0.05) is 39.3 Å². The normalized spacial score (nSPS) is 20.0. The second-order valence-electron chi connectivity index (χ2n) is 9.12. The molecule has 1 N–H and O–H groups in total. The number of rotatable bonds is 8. The zero-order valence-corrected chi connectivity index (χ0v) is 21.9. The number of hydrogen-bond acceptors (Lipinski definition) is 5. The number of carbonyl (C=O) groups is 1. The van der Waals surface area contributed by atoms with E-state index in [4.69, 9.17) is 27.9 Å². The molecular weight excluding hydrogens is 509 g/mol. The van der Waals surface area contributed by atoms with Crippen molar-refractivity contribution in [1.29, 1.82) is 0 Å². The number of halogens is 2. The van der Waals surface area contributed by atoms with Gasteiger partial charge in [-0.1, -0.05) is 53.5 Å². The van der Waals surface area contributed by atoms with Gasteiger partial charge in [-0.05, 0) is 41.7 Å². The van der Waals surface area contributed by atoms with Gasteiger partial charge in [-0.25, -0.2) is 12.7 Å². The Kier molecular flexibility index (Phi) is 9.07. The molecule has 2 aromatic carbocycles. The van der Waals surface area contributed by atoms with Crippen LogP contribution in [0.4, 0.5) is 0 Å². The molecule has 4 rings (SSSR count). The fourth-order valence-corrected chi connectivity index (χ4v) is 6.37. The number of hydrogen-bond donors (Lipinski definition) is 1. The zero-order valence-electron chi connectivity index (χ0n) is 19.6. The Balaban J connectivity index is 1.28. The lowest BCUT2D eigenvalue weighted by Gasteiger charge is -2.31. The van der Waals surface area contributed by atoms with E-state index in [1.54, 1.807) is 18.2 Å². The molecule has 0 aliphatic carbocycles. The molecule has 7 nitrogen and oxygen atoms in total. The van der Waals surface area contributed by atoms with E-state index in [2.05, 4.69) is 22.3 Å². The van der Waals surface area contributed by atoms with Gasteiger partial charge in [0.25, 0.3) is 0 Å². The number of piperidine rings is 1. The van der Waals surface area contributed by atoms with E-state index in [-0.39, 0.29) is 24.1 Å². The first kappa shape index (κ1) is 26.4. The third-order valence-electron chi connectivity index (χ3n) is 6.48. The van der Waals surface area contributed by atoms with Crippen LogP contribution in [0.1, 0.15) is 29.5 Å². The summed E-state index contributed by atoms with van der Waals surface area (Å²) in [6.45, 7) is 5.36. The third kappa shape index (κ3) is 7.41. The van der Waals surface area contributed by atoms with Crippen molar-refractivity contribution in [2.45, 2.75) is 31.7 Å². The van der Waals surface area contributed by atoms with Crippen molar-refractivity contribution in [1.82, 2.24) is 14.5 Å². The zero-order chi connectivity index (χ0) is 24.8. The molecule has 35 heavy (non-hydrogen) atoms. The van der Waals surface area contributed by atoms with Crippen LogP contribution in [0.3, 0.4) is 0 Å². The lowest BCUT2D eigenvalue weighted by molar-refractivity contribution is -0.126. The number of nitrogens with zero attached hydrogens (tertiary/aromatic N) is 2. The highest BCUT2D eigenvalue weighted by Crippen LogP contribution is 2.26. The number of amides is 1. The molecule has 1 atom stereocenters. The quantitative estimate of drug-likeness (QED) is 0.553. The van der Waals surface area contributed by atoms with Crippen molar-refractivity contribution < 1.29 is 17.9 Å². The second kappa shape index (κ2) is 12.0. The number of sulfonamides is 1. The summed E-state index contributed by atoms with van der Waals surface area (Å²) >= 11 is 12.0. The third-order valence-corrected chi connectivity index (χ3v) is 9.04. The van der Waals surface area contributed by atoms with Gasteiger partial charge in [-0.2, -0.15) is 0 Å². The summed E-state index contributed by atoms with van der Waals surface area (Å²) in [5.74, 6) is -0.653. The van der Waals surface area contributed by atoms with Gasteiger partial charge in [0.1, 0.15) is 0 Å². The van der Waals surface area contributed by atoms with Crippen LogP contribution in [-0.2, 0) is 38.4 Å². The summed E-state index contributed by atoms with van der Waals surface area (Å²) in [6, 6.07) is 13.1. The molecule has 0 spiro atoms. The predicted octanol–water partition coefficient (Wildman–Crippen LogP) is 3.68. The van der Waals surface area contributed by atoms with Gasteiger partial charge in [0.15, 0.2) is 0 Å². The van der Waals surface area contributed by atoms with Crippen LogP contribution in [0.15, 0.2) is 42.5 Å². The van der Waals surface area contributed by atoms with E-state index in [1.807, 2.05) is 12.1 Å². The standard InChI is InChI=1S/C25H31Cl2N3O4S/c26-23-8-7-21(14-24(23)27)18-35(32,33)30-9-1-2-22(17-30)25(31)28-15-19-3-5-20(6-4-19)16-29-10-12-34-13-11-29/h3-8,14,22H,1-2,9-13,15-18H2,(H,28,31)/t22-/m1/s1. The highest BCUT2D eigenvalue weighted by atomic mass is 35.5. The van der Waals surface area contributed by atoms with E-state index < -0.39 is 10.0 Å². The Labute approximate surface area is 217 Å². The SMILES string of the molecule is O=C(NCc1ccc(CN2CCOCC2)cc1)[C@@H]1CCCN(S(=O)(=O)Cc2ccc(Cl)c(Cl)c2)C1. The van der Waals surface area contributed by atoms with Gasteiger partial charge in [-0.3, -0.25) is 9.69 Å². The van der Waals surface area contributed by atoms with Crippen LogP contribution < -0.4 is 5.32 Å². The van der Waals surface area contributed by atoms with E-state index in [0.29, 0.717) is 41.5 Å². The number of benzene rings is 2. The average Bonchev–Trinajstić information content (AvgIpc) is 2.86. The Morgan fingerprint density at radius 1 is 0.971 bits per heavy atom. The molecule has 2 saturated heterocycles. The molecule has 0 saturated carbocycles. The summed E-state index contributed by atoms with van der Waals surface area (Å²) in [4.78, 5) is 15.2. The molecule has 0 aromatic heterocycles. The van der Waals surface area contributed by atoms with Crippen molar-refractivity contribution in [3.63, 3.8) is 0 Å². The van der Waals surface area contributed by atoms with Crippen molar-refractivity contribution in [3.8, 4) is 0 Å². The largest absolute Gasteiger partial charge is 0.379 e. The number of carbonyl (C=O) groups excluding carboxylic acids is 1. The molecule has 0 bridgehead atoms. The van der Waals surface area contributed by atoms with Crippen molar-refractivity contribution in [2.75, 3.05) is 39.4 Å². The Bertz CT molecular complexity index is 1120. The van der Waals surface area contributed by atoms with Crippen LogP contribution in [0.2, 0.25) is 10.0 Å². The molecule has 0 unspecified atom stereocenters. The summed E-state index contributed by atoms with van der Waals surface area (Å²) in [5.41, 5.74) is 2.82. The van der Waals surface area contributed by atoms with Crippen LogP contribution in [-0.4, -0.2) is 62.9 Å². The maximum atomic E-state index is 13.0. The average molecular weight is 541 g/mol. The maximum absolute atomic E-state index is 13.0. The topological polar surface area (TPSA) is 79.0 Å². The maximum Gasteiger partial charge on any atom is 0.224 e. The number of nitrogens with one attached hydrogen (secondary N) is 1. The van der Waals surface area contributed by atoms with E-state index in [0.717, 1.165) is 38.4 Å². The highest BCUT2D eigenvalue weighted by molar-refractivity contribution is 7.88. The summed E-state index contributed by atoms with van der Waals surface area (Å²) in [5, 5.41) is 3.69. The first-order valence-electron chi connectivity index (χ1n) is 11.9.